The first-order valence-corrected chi connectivity index (χ1v) is 10.4. The smallest absolute Gasteiger partial charge is 0.423 e. The largest absolute Gasteiger partial charge is 0.457 e. The zero-order valence-corrected chi connectivity index (χ0v) is 17.5. The SMILES string of the molecule is O=S(Nc1cccc(Oc2cccc3ccccc23)c1)OCCOC(C(F)(F)F)C(F)(F)F. The maximum Gasteiger partial charge on any atom is 0.423 e. The number of fused-ring (bicyclic) bond motifs is 1. The predicted octanol–water partition coefficient (Wildman–Crippen LogP) is 6.15. The van der Waals surface area contributed by atoms with E-state index in [0.717, 1.165) is 10.8 Å². The average molecular weight is 493 g/mol. The Morgan fingerprint density at radius 3 is 2.24 bits per heavy atom. The highest BCUT2D eigenvalue weighted by Gasteiger charge is 2.57. The van der Waals surface area contributed by atoms with Crippen molar-refractivity contribution in [3.8, 4) is 11.5 Å². The van der Waals surface area contributed by atoms with E-state index in [1.807, 2.05) is 36.4 Å². The van der Waals surface area contributed by atoms with E-state index in [4.69, 9.17) is 8.92 Å². The number of anilines is 1. The Hall–Kier alpha value is -2.83. The molecule has 0 bridgehead atoms. The number of benzene rings is 3. The molecule has 0 aliphatic carbocycles. The first-order valence-electron chi connectivity index (χ1n) is 9.36. The van der Waals surface area contributed by atoms with Crippen molar-refractivity contribution in [3.05, 3.63) is 66.7 Å². The maximum atomic E-state index is 12.4. The van der Waals surface area contributed by atoms with Gasteiger partial charge in [-0.2, -0.15) is 26.3 Å². The molecule has 0 fully saturated rings. The molecule has 0 radical (unpaired) electrons. The molecule has 0 heterocycles. The number of hydrogen-bond donors (Lipinski definition) is 1. The number of nitrogens with one attached hydrogen (secondary N) is 1. The van der Waals surface area contributed by atoms with E-state index in [-0.39, 0.29) is 5.69 Å². The number of alkyl halides is 6. The van der Waals surface area contributed by atoms with Crippen molar-refractivity contribution < 1.29 is 44.2 Å². The van der Waals surface area contributed by atoms with Crippen LogP contribution in [-0.4, -0.2) is 35.9 Å². The molecule has 33 heavy (non-hydrogen) atoms. The van der Waals surface area contributed by atoms with Gasteiger partial charge in [-0.1, -0.05) is 42.5 Å². The van der Waals surface area contributed by atoms with Gasteiger partial charge in [0.1, 0.15) is 11.5 Å². The van der Waals surface area contributed by atoms with Crippen LogP contribution in [-0.2, 0) is 20.2 Å². The fraction of sp³-hybridized carbons (Fsp3) is 0.238. The topological polar surface area (TPSA) is 56.8 Å². The van der Waals surface area contributed by atoms with Gasteiger partial charge in [-0.05, 0) is 23.6 Å². The number of hydrogen-bond acceptors (Lipinski definition) is 4. The van der Waals surface area contributed by atoms with Gasteiger partial charge in [0, 0.05) is 11.5 Å². The Morgan fingerprint density at radius 1 is 0.848 bits per heavy atom. The second kappa shape index (κ2) is 10.4. The third-order valence-electron chi connectivity index (χ3n) is 4.17. The molecule has 0 aliphatic rings. The maximum absolute atomic E-state index is 12.4. The lowest BCUT2D eigenvalue weighted by Gasteiger charge is -2.22. The van der Waals surface area contributed by atoms with Crippen LogP contribution in [0, 0.1) is 0 Å². The van der Waals surface area contributed by atoms with Crippen LogP contribution < -0.4 is 9.46 Å². The molecule has 1 N–H and O–H groups in total. The van der Waals surface area contributed by atoms with Gasteiger partial charge in [0.25, 0.3) is 11.3 Å². The molecule has 178 valence electrons. The van der Waals surface area contributed by atoms with E-state index in [9.17, 15) is 30.6 Å². The first-order chi connectivity index (χ1) is 15.5. The third-order valence-corrected chi connectivity index (χ3v) is 4.95. The van der Waals surface area contributed by atoms with Crippen LogP contribution in [0.5, 0.6) is 11.5 Å². The Kier molecular flexibility index (Phi) is 7.82. The fourth-order valence-electron chi connectivity index (χ4n) is 2.81. The van der Waals surface area contributed by atoms with Gasteiger partial charge in [-0.15, -0.1) is 0 Å². The summed E-state index contributed by atoms with van der Waals surface area (Å²) in [6, 6.07) is 19.4. The molecule has 0 saturated carbocycles. The highest BCUT2D eigenvalue weighted by molar-refractivity contribution is 7.81. The normalized spacial score (nSPS) is 13.3. The average Bonchev–Trinajstić information content (AvgIpc) is 2.72. The van der Waals surface area contributed by atoms with Crippen molar-refractivity contribution in [2.75, 3.05) is 17.9 Å². The molecular weight excluding hydrogens is 476 g/mol. The molecule has 0 spiro atoms. The fourth-order valence-corrected chi connectivity index (χ4v) is 3.41. The van der Waals surface area contributed by atoms with Crippen LogP contribution in [0.4, 0.5) is 32.0 Å². The second-order valence-electron chi connectivity index (χ2n) is 6.60. The Bertz CT molecular complexity index is 1090. The molecule has 0 amide bonds. The van der Waals surface area contributed by atoms with Crippen molar-refractivity contribution in [3.63, 3.8) is 0 Å². The van der Waals surface area contributed by atoms with Crippen LogP contribution in [0.2, 0.25) is 0 Å². The molecular formula is C21H17F6NO4S. The Balaban J connectivity index is 1.54. The summed E-state index contributed by atoms with van der Waals surface area (Å²) in [7, 11) is 0. The van der Waals surface area contributed by atoms with Gasteiger partial charge in [0.2, 0.25) is 6.10 Å². The number of ether oxygens (including phenoxy) is 2. The lowest BCUT2D eigenvalue weighted by Crippen LogP contribution is -2.44. The van der Waals surface area contributed by atoms with E-state index >= 15 is 0 Å². The standard InChI is InChI=1S/C21H17F6NO4S/c22-20(23,24)19(21(25,26)27)30-11-12-31-33(29)28-15-7-4-8-16(13-15)32-18-10-3-6-14-5-1-2-9-17(14)18/h1-10,13,19,28H,11-12H2. The summed E-state index contributed by atoms with van der Waals surface area (Å²) in [5.41, 5.74) is 0.287. The summed E-state index contributed by atoms with van der Waals surface area (Å²) in [5, 5.41) is 1.85. The molecule has 1 atom stereocenters. The summed E-state index contributed by atoms with van der Waals surface area (Å²) in [4.78, 5) is 0. The van der Waals surface area contributed by atoms with E-state index in [0.29, 0.717) is 11.5 Å². The molecule has 0 aromatic heterocycles. The first kappa shape index (κ1) is 24.8. The van der Waals surface area contributed by atoms with E-state index < -0.39 is 42.9 Å². The second-order valence-corrected chi connectivity index (χ2v) is 7.51. The van der Waals surface area contributed by atoms with Crippen molar-refractivity contribution in [1.82, 2.24) is 0 Å². The zero-order chi connectivity index (χ0) is 24.1. The minimum absolute atomic E-state index is 0.287. The molecule has 5 nitrogen and oxygen atoms in total. The third kappa shape index (κ3) is 7.07. The monoisotopic (exact) mass is 493 g/mol. The van der Waals surface area contributed by atoms with Crippen molar-refractivity contribution in [2.24, 2.45) is 0 Å². The van der Waals surface area contributed by atoms with Crippen LogP contribution in [0.3, 0.4) is 0 Å². The van der Waals surface area contributed by atoms with E-state index in [1.54, 1.807) is 18.2 Å². The minimum Gasteiger partial charge on any atom is -0.457 e. The molecule has 3 aromatic carbocycles. The summed E-state index contributed by atoms with van der Waals surface area (Å²) >= 11 is -2.25. The predicted molar refractivity (Wildman–Crippen MR) is 110 cm³/mol. The molecule has 1 unspecified atom stereocenters. The molecule has 3 aromatic rings. The minimum atomic E-state index is -5.62. The molecule has 3 rings (SSSR count). The Morgan fingerprint density at radius 2 is 1.52 bits per heavy atom. The summed E-state index contributed by atoms with van der Waals surface area (Å²) in [6.45, 7) is -1.84. The van der Waals surface area contributed by atoms with E-state index in [1.165, 1.54) is 12.1 Å². The number of rotatable bonds is 9. The lowest BCUT2D eigenvalue weighted by atomic mass is 10.1. The van der Waals surface area contributed by atoms with Gasteiger partial charge < -0.3 is 9.47 Å². The van der Waals surface area contributed by atoms with E-state index in [2.05, 4.69) is 9.46 Å². The van der Waals surface area contributed by atoms with Gasteiger partial charge in [0.15, 0.2) is 0 Å². The van der Waals surface area contributed by atoms with Crippen LogP contribution in [0.25, 0.3) is 10.8 Å². The molecule has 0 saturated heterocycles. The summed E-state index contributed by atoms with van der Waals surface area (Å²) in [6.07, 6.45) is -15.2. The van der Waals surface area contributed by atoms with Crippen molar-refractivity contribution in [2.45, 2.75) is 18.5 Å². The van der Waals surface area contributed by atoms with Gasteiger partial charge >= 0.3 is 12.4 Å². The molecule has 12 heteroatoms. The quantitative estimate of drug-likeness (QED) is 0.287. The molecule has 0 aliphatic heterocycles. The van der Waals surface area contributed by atoms with Gasteiger partial charge in [-0.3, -0.25) is 8.91 Å². The summed E-state index contributed by atoms with van der Waals surface area (Å²) in [5.74, 6) is 0.985. The number of halogens is 6. The highest BCUT2D eigenvalue weighted by atomic mass is 32.2. The Labute approximate surface area is 187 Å². The van der Waals surface area contributed by atoms with Gasteiger partial charge in [-0.25, -0.2) is 4.21 Å². The zero-order valence-electron chi connectivity index (χ0n) is 16.7. The van der Waals surface area contributed by atoms with Gasteiger partial charge in [0.05, 0.1) is 18.9 Å². The van der Waals surface area contributed by atoms with Crippen molar-refractivity contribution in [1.29, 1.82) is 0 Å². The highest BCUT2D eigenvalue weighted by Crippen LogP contribution is 2.35. The van der Waals surface area contributed by atoms with Crippen LogP contribution >= 0.6 is 0 Å². The van der Waals surface area contributed by atoms with Crippen LogP contribution in [0.1, 0.15) is 0 Å². The lowest BCUT2D eigenvalue weighted by molar-refractivity contribution is -0.322. The van der Waals surface area contributed by atoms with Crippen molar-refractivity contribution >= 4 is 27.7 Å². The summed E-state index contributed by atoms with van der Waals surface area (Å²) < 4.78 is 103. The van der Waals surface area contributed by atoms with Crippen LogP contribution in [0.15, 0.2) is 66.7 Å².